The Hall–Kier alpha value is -1.50. The Bertz CT molecular complexity index is 441. The highest BCUT2D eigenvalue weighted by Gasteiger charge is 2.31. The van der Waals surface area contributed by atoms with E-state index in [-0.39, 0.29) is 30.8 Å². The molecule has 2 heterocycles. The molecule has 116 valence electrons. The number of nitrogens with zero attached hydrogens (tertiary/aromatic N) is 1. The van der Waals surface area contributed by atoms with Crippen LogP contribution >= 0.6 is 0 Å². The predicted octanol–water partition coefficient (Wildman–Crippen LogP) is -0.00240. The van der Waals surface area contributed by atoms with Gasteiger partial charge in [-0.2, -0.15) is 0 Å². The number of nitrogens with one attached hydrogen (secondary N) is 1. The van der Waals surface area contributed by atoms with Gasteiger partial charge in [-0.1, -0.05) is 0 Å². The third-order valence-electron chi connectivity index (χ3n) is 3.74. The second-order valence-electron chi connectivity index (χ2n) is 5.34. The van der Waals surface area contributed by atoms with Crippen LogP contribution in [-0.2, 0) is 16.0 Å². The highest BCUT2D eigenvalue weighted by Crippen LogP contribution is 2.21. The number of pyridine rings is 1. The maximum absolute atomic E-state index is 12.1. The van der Waals surface area contributed by atoms with Crippen LogP contribution in [0, 0.1) is 0 Å². The molecule has 1 amide bonds. The van der Waals surface area contributed by atoms with E-state index in [4.69, 9.17) is 10.5 Å². The van der Waals surface area contributed by atoms with E-state index in [1.165, 1.54) is 0 Å². The molecule has 21 heavy (non-hydrogen) atoms. The summed E-state index contributed by atoms with van der Waals surface area (Å²) in [6.45, 7) is 0.475. The first-order chi connectivity index (χ1) is 10.2. The summed E-state index contributed by atoms with van der Waals surface area (Å²) in [6, 6.07) is 3.49. The zero-order valence-electron chi connectivity index (χ0n) is 12.1. The lowest BCUT2D eigenvalue weighted by Gasteiger charge is -2.36. The van der Waals surface area contributed by atoms with Crippen molar-refractivity contribution in [3.05, 3.63) is 30.1 Å². The van der Waals surface area contributed by atoms with Crippen molar-refractivity contribution in [2.45, 2.75) is 43.9 Å². The van der Waals surface area contributed by atoms with E-state index in [0.29, 0.717) is 13.0 Å². The maximum Gasteiger partial charge on any atom is 0.224 e. The molecule has 0 aromatic carbocycles. The molecular weight excluding hydrogens is 270 g/mol. The lowest BCUT2D eigenvalue weighted by Crippen LogP contribution is -2.51. The van der Waals surface area contributed by atoms with Crippen molar-refractivity contribution in [1.82, 2.24) is 10.3 Å². The van der Waals surface area contributed by atoms with Crippen LogP contribution in [-0.4, -0.2) is 47.4 Å². The van der Waals surface area contributed by atoms with Gasteiger partial charge in [-0.15, -0.1) is 0 Å². The molecule has 1 aromatic rings. The molecule has 4 N–H and O–H groups in total. The summed E-state index contributed by atoms with van der Waals surface area (Å²) in [5, 5.41) is 12.4. The molecule has 6 heteroatoms. The normalized spacial score (nSPS) is 25.5. The molecule has 0 spiro atoms. The summed E-state index contributed by atoms with van der Waals surface area (Å²) >= 11 is 0. The Balaban J connectivity index is 1.85. The first-order valence-corrected chi connectivity index (χ1v) is 7.37. The molecule has 3 atom stereocenters. The Labute approximate surface area is 124 Å². The SMILES string of the molecule is NCC[C@@H]1CC[C@@H](NC(=O)Cc2ccncc2)[C@H](CO)O1. The third kappa shape index (κ3) is 4.77. The van der Waals surface area contributed by atoms with Gasteiger partial charge in [0.1, 0.15) is 6.10 Å². The fraction of sp³-hybridized carbons (Fsp3) is 0.600. The largest absolute Gasteiger partial charge is 0.394 e. The summed E-state index contributed by atoms with van der Waals surface area (Å²) < 4.78 is 5.78. The average molecular weight is 293 g/mol. The molecule has 1 fully saturated rings. The number of nitrogens with two attached hydrogens (primary N) is 1. The second kappa shape index (κ2) is 8.07. The molecule has 1 aliphatic rings. The molecular formula is C15H23N3O3. The van der Waals surface area contributed by atoms with Gasteiger partial charge in [-0.3, -0.25) is 9.78 Å². The summed E-state index contributed by atoms with van der Waals surface area (Å²) in [6.07, 6.45) is 5.82. The minimum atomic E-state index is -0.350. The van der Waals surface area contributed by atoms with Crippen molar-refractivity contribution in [2.75, 3.05) is 13.2 Å². The fourth-order valence-corrected chi connectivity index (χ4v) is 2.64. The topological polar surface area (TPSA) is 97.5 Å². The molecule has 2 rings (SSSR count). The molecule has 0 saturated carbocycles. The second-order valence-corrected chi connectivity index (χ2v) is 5.34. The van der Waals surface area contributed by atoms with E-state index >= 15 is 0 Å². The van der Waals surface area contributed by atoms with Gasteiger partial charge < -0.3 is 20.9 Å². The number of hydrogen-bond acceptors (Lipinski definition) is 5. The molecule has 1 saturated heterocycles. The van der Waals surface area contributed by atoms with Gasteiger partial charge in [-0.05, 0) is 43.5 Å². The number of hydrogen-bond donors (Lipinski definition) is 3. The van der Waals surface area contributed by atoms with Crippen LogP contribution in [0.15, 0.2) is 24.5 Å². The van der Waals surface area contributed by atoms with E-state index < -0.39 is 0 Å². The van der Waals surface area contributed by atoms with Crippen molar-refractivity contribution in [2.24, 2.45) is 5.73 Å². The molecule has 1 aromatic heterocycles. The van der Waals surface area contributed by atoms with Gasteiger partial charge in [0.25, 0.3) is 0 Å². The van der Waals surface area contributed by atoms with Crippen molar-refractivity contribution >= 4 is 5.91 Å². The van der Waals surface area contributed by atoms with Gasteiger partial charge >= 0.3 is 0 Å². The van der Waals surface area contributed by atoms with Crippen LogP contribution < -0.4 is 11.1 Å². The quantitative estimate of drug-likeness (QED) is 0.686. The van der Waals surface area contributed by atoms with Gasteiger partial charge in [0, 0.05) is 12.4 Å². The third-order valence-corrected chi connectivity index (χ3v) is 3.74. The molecule has 0 bridgehead atoms. The number of carbonyl (C=O) groups excluding carboxylic acids is 1. The Morgan fingerprint density at radius 1 is 1.43 bits per heavy atom. The van der Waals surface area contributed by atoms with E-state index in [1.807, 2.05) is 12.1 Å². The first kappa shape index (κ1) is 15.9. The van der Waals surface area contributed by atoms with Crippen LogP contribution in [0.25, 0.3) is 0 Å². The van der Waals surface area contributed by atoms with Crippen LogP contribution in [0.1, 0.15) is 24.8 Å². The van der Waals surface area contributed by atoms with E-state index in [1.54, 1.807) is 12.4 Å². The minimum absolute atomic E-state index is 0.0643. The molecule has 0 aliphatic carbocycles. The fourth-order valence-electron chi connectivity index (χ4n) is 2.64. The number of ether oxygens (including phenoxy) is 1. The van der Waals surface area contributed by atoms with E-state index in [0.717, 1.165) is 24.8 Å². The zero-order chi connectivity index (χ0) is 15.1. The average Bonchev–Trinajstić information content (AvgIpc) is 2.50. The number of amides is 1. The van der Waals surface area contributed by atoms with Gasteiger partial charge in [-0.25, -0.2) is 0 Å². The van der Waals surface area contributed by atoms with E-state index in [9.17, 15) is 9.90 Å². The molecule has 0 unspecified atom stereocenters. The minimum Gasteiger partial charge on any atom is -0.394 e. The Morgan fingerprint density at radius 2 is 2.19 bits per heavy atom. The van der Waals surface area contributed by atoms with Crippen molar-refractivity contribution in [1.29, 1.82) is 0 Å². The standard InChI is InChI=1S/C15H23N3O3/c16-6-3-12-1-2-13(14(10-19)21-12)18-15(20)9-11-4-7-17-8-5-11/h4-5,7-8,12-14,19H,1-3,6,9-10,16H2,(H,18,20)/t12-,13+,14-/m0/s1. The van der Waals surface area contributed by atoms with Crippen LogP contribution in [0.2, 0.25) is 0 Å². The Kier molecular flexibility index (Phi) is 6.10. The van der Waals surface area contributed by atoms with E-state index in [2.05, 4.69) is 10.3 Å². The highest BCUT2D eigenvalue weighted by molar-refractivity contribution is 5.78. The lowest BCUT2D eigenvalue weighted by atomic mass is 9.97. The van der Waals surface area contributed by atoms with Gasteiger partial charge in [0.05, 0.1) is 25.2 Å². The number of aromatic nitrogens is 1. The molecule has 1 aliphatic heterocycles. The zero-order valence-corrected chi connectivity index (χ0v) is 12.1. The number of aliphatic hydroxyl groups excluding tert-OH is 1. The summed E-state index contributed by atoms with van der Waals surface area (Å²) in [4.78, 5) is 16.0. The molecule has 6 nitrogen and oxygen atoms in total. The number of aliphatic hydroxyl groups is 1. The summed E-state index contributed by atoms with van der Waals surface area (Å²) in [5.74, 6) is -0.0643. The van der Waals surface area contributed by atoms with Crippen LogP contribution in [0.3, 0.4) is 0 Å². The smallest absolute Gasteiger partial charge is 0.224 e. The predicted molar refractivity (Wildman–Crippen MR) is 78.5 cm³/mol. The summed E-state index contributed by atoms with van der Waals surface area (Å²) in [7, 11) is 0. The van der Waals surface area contributed by atoms with Gasteiger partial charge in [0.15, 0.2) is 0 Å². The van der Waals surface area contributed by atoms with Crippen molar-refractivity contribution in [3.63, 3.8) is 0 Å². The van der Waals surface area contributed by atoms with Crippen LogP contribution in [0.5, 0.6) is 0 Å². The number of rotatable bonds is 6. The van der Waals surface area contributed by atoms with Crippen molar-refractivity contribution < 1.29 is 14.6 Å². The van der Waals surface area contributed by atoms with Crippen molar-refractivity contribution in [3.8, 4) is 0 Å². The highest BCUT2D eigenvalue weighted by atomic mass is 16.5. The Morgan fingerprint density at radius 3 is 2.86 bits per heavy atom. The first-order valence-electron chi connectivity index (χ1n) is 7.37. The summed E-state index contributed by atoms with van der Waals surface area (Å²) in [5.41, 5.74) is 6.45. The molecule has 0 radical (unpaired) electrons. The monoisotopic (exact) mass is 293 g/mol. The van der Waals surface area contributed by atoms with Crippen LogP contribution in [0.4, 0.5) is 0 Å². The van der Waals surface area contributed by atoms with Gasteiger partial charge in [0.2, 0.25) is 5.91 Å². The lowest BCUT2D eigenvalue weighted by molar-refractivity contribution is -0.127. The number of carbonyl (C=O) groups is 1. The maximum atomic E-state index is 12.1.